The summed E-state index contributed by atoms with van der Waals surface area (Å²) in [4.78, 5) is 10.8. The third-order valence-electron chi connectivity index (χ3n) is 3.29. The fraction of sp³-hybridized carbons (Fsp3) is 0.0667. The molecule has 0 aliphatic heterocycles. The van der Waals surface area contributed by atoms with Crippen molar-refractivity contribution in [1.29, 1.82) is 0 Å². The van der Waals surface area contributed by atoms with E-state index in [-0.39, 0.29) is 5.69 Å². The standard InChI is InChI=1S/C15H11ClN2O3/c1-21-12-3-5-13-10(8-12)6-7-17(13)15-9-11(16)2-4-14(15)18(19)20/h2-9H,1H3. The minimum Gasteiger partial charge on any atom is -0.497 e. The van der Waals surface area contributed by atoms with Crippen LogP contribution in [0, 0.1) is 10.1 Å². The Morgan fingerprint density at radius 3 is 2.71 bits per heavy atom. The lowest BCUT2D eigenvalue weighted by Crippen LogP contribution is -1.99. The van der Waals surface area contributed by atoms with E-state index in [4.69, 9.17) is 16.3 Å². The fourth-order valence-electron chi connectivity index (χ4n) is 2.30. The Hall–Kier alpha value is -2.53. The molecule has 21 heavy (non-hydrogen) atoms. The number of aromatic nitrogens is 1. The van der Waals surface area contributed by atoms with Crippen molar-refractivity contribution in [1.82, 2.24) is 4.57 Å². The second kappa shape index (κ2) is 5.10. The van der Waals surface area contributed by atoms with Crippen LogP contribution in [0.1, 0.15) is 0 Å². The maximum absolute atomic E-state index is 11.2. The van der Waals surface area contributed by atoms with Gasteiger partial charge < -0.3 is 9.30 Å². The molecule has 0 atom stereocenters. The maximum Gasteiger partial charge on any atom is 0.293 e. The third-order valence-corrected chi connectivity index (χ3v) is 3.53. The fourth-order valence-corrected chi connectivity index (χ4v) is 2.47. The Morgan fingerprint density at radius 2 is 2.00 bits per heavy atom. The van der Waals surface area contributed by atoms with Gasteiger partial charge in [-0.05, 0) is 36.4 Å². The van der Waals surface area contributed by atoms with Gasteiger partial charge in [0.05, 0.1) is 17.5 Å². The van der Waals surface area contributed by atoms with Gasteiger partial charge in [-0.15, -0.1) is 0 Å². The molecule has 3 rings (SSSR count). The van der Waals surface area contributed by atoms with Crippen molar-refractivity contribution in [2.75, 3.05) is 7.11 Å². The summed E-state index contributed by atoms with van der Waals surface area (Å²) < 4.78 is 6.93. The van der Waals surface area contributed by atoms with Crippen LogP contribution in [0.5, 0.6) is 5.75 Å². The van der Waals surface area contributed by atoms with Crippen molar-refractivity contribution in [2.45, 2.75) is 0 Å². The number of fused-ring (bicyclic) bond motifs is 1. The summed E-state index contributed by atoms with van der Waals surface area (Å²) in [5.41, 5.74) is 1.29. The lowest BCUT2D eigenvalue weighted by Gasteiger charge is -2.07. The molecule has 0 saturated carbocycles. The van der Waals surface area contributed by atoms with Gasteiger partial charge in [0.1, 0.15) is 11.4 Å². The highest BCUT2D eigenvalue weighted by Crippen LogP contribution is 2.31. The molecule has 2 aromatic carbocycles. The van der Waals surface area contributed by atoms with E-state index in [2.05, 4.69) is 0 Å². The lowest BCUT2D eigenvalue weighted by molar-refractivity contribution is -0.384. The van der Waals surface area contributed by atoms with Crippen molar-refractivity contribution in [3.63, 3.8) is 0 Å². The Labute approximate surface area is 125 Å². The summed E-state index contributed by atoms with van der Waals surface area (Å²) in [6, 6.07) is 11.9. The predicted octanol–water partition coefficient (Wildman–Crippen LogP) is 4.20. The molecule has 3 aromatic rings. The van der Waals surface area contributed by atoms with Crippen molar-refractivity contribution in [2.24, 2.45) is 0 Å². The van der Waals surface area contributed by atoms with E-state index in [0.29, 0.717) is 10.7 Å². The Bertz CT molecular complexity index is 842. The van der Waals surface area contributed by atoms with Crippen LogP contribution < -0.4 is 4.74 Å². The zero-order chi connectivity index (χ0) is 15.0. The topological polar surface area (TPSA) is 57.3 Å². The predicted molar refractivity (Wildman–Crippen MR) is 81.5 cm³/mol. The normalized spacial score (nSPS) is 10.8. The molecule has 0 amide bonds. The van der Waals surface area contributed by atoms with E-state index in [9.17, 15) is 10.1 Å². The first kappa shape index (κ1) is 13.5. The van der Waals surface area contributed by atoms with Crippen molar-refractivity contribution in [3.8, 4) is 11.4 Å². The van der Waals surface area contributed by atoms with Crippen LogP contribution in [0.15, 0.2) is 48.7 Å². The second-order valence-corrected chi connectivity index (χ2v) is 4.94. The largest absolute Gasteiger partial charge is 0.497 e. The lowest BCUT2D eigenvalue weighted by atomic mass is 10.2. The van der Waals surface area contributed by atoms with Crippen LogP contribution in [-0.4, -0.2) is 16.6 Å². The molecule has 1 heterocycles. The number of nitro benzene ring substituents is 1. The molecule has 106 valence electrons. The molecule has 0 saturated heterocycles. The molecular formula is C15H11ClN2O3. The Balaban J connectivity index is 2.25. The highest BCUT2D eigenvalue weighted by molar-refractivity contribution is 6.30. The van der Waals surface area contributed by atoms with Crippen LogP contribution in [0.2, 0.25) is 5.02 Å². The van der Waals surface area contributed by atoms with Crippen molar-refractivity contribution < 1.29 is 9.66 Å². The highest BCUT2D eigenvalue weighted by atomic mass is 35.5. The van der Waals surface area contributed by atoms with Crippen LogP contribution in [-0.2, 0) is 0 Å². The molecule has 0 bridgehead atoms. The van der Waals surface area contributed by atoms with Crippen molar-refractivity contribution in [3.05, 3.63) is 63.8 Å². The van der Waals surface area contributed by atoms with E-state index in [0.717, 1.165) is 16.7 Å². The van der Waals surface area contributed by atoms with Crippen LogP contribution >= 0.6 is 11.6 Å². The zero-order valence-corrected chi connectivity index (χ0v) is 11.9. The number of nitrogens with zero attached hydrogens (tertiary/aromatic N) is 2. The van der Waals surface area contributed by atoms with E-state index < -0.39 is 4.92 Å². The molecular weight excluding hydrogens is 292 g/mol. The molecule has 0 radical (unpaired) electrons. The summed E-state index contributed by atoms with van der Waals surface area (Å²) in [5.74, 6) is 0.737. The molecule has 0 N–H and O–H groups in total. The molecule has 1 aromatic heterocycles. The molecule has 0 aliphatic rings. The summed E-state index contributed by atoms with van der Waals surface area (Å²) in [6.07, 6.45) is 1.78. The average Bonchev–Trinajstić information content (AvgIpc) is 2.89. The Morgan fingerprint density at radius 1 is 1.19 bits per heavy atom. The van der Waals surface area contributed by atoms with Gasteiger partial charge in [-0.2, -0.15) is 0 Å². The van der Waals surface area contributed by atoms with Gasteiger partial charge >= 0.3 is 0 Å². The second-order valence-electron chi connectivity index (χ2n) is 4.50. The quantitative estimate of drug-likeness (QED) is 0.538. The van der Waals surface area contributed by atoms with Gasteiger partial charge in [0, 0.05) is 22.7 Å². The van der Waals surface area contributed by atoms with Crippen LogP contribution in [0.3, 0.4) is 0 Å². The summed E-state index contributed by atoms with van der Waals surface area (Å²) in [7, 11) is 1.60. The minimum atomic E-state index is -0.416. The molecule has 0 spiro atoms. The van der Waals surface area contributed by atoms with Gasteiger partial charge in [-0.3, -0.25) is 10.1 Å². The van der Waals surface area contributed by atoms with Gasteiger partial charge in [0.15, 0.2) is 0 Å². The van der Waals surface area contributed by atoms with E-state index >= 15 is 0 Å². The number of rotatable bonds is 3. The molecule has 0 fully saturated rings. The smallest absolute Gasteiger partial charge is 0.293 e. The maximum atomic E-state index is 11.2. The van der Waals surface area contributed by atoms with Crippen molar-refractivity contribution >= 4 is 28.2 Å². The van der Waals surface area contributed by atoms with E-state index in [1.807, 2.05) is 24.3 Å². The van der Waals surface area contributed by atoms with Gasteiger partial charge in [-0.25, -0.2) is 0 Å². The van der Waals surface area contributed by atoms with Gasteiger partial charge in [0.2, 0.25) is 0 Å². The number of nitro groups is 1. The summed E-state index contributed by atoms with van der Waals surface area (Å²) in [5, 5.41) is 12.6. The number of halogens is 1. The molecule has 6 heteroatoms. The highest BCUT2D eigenvalue weighted by Gasteiger charge is 2.17. The monoisotopic (exact) mass is 302 g/mol. The third kappa shape index (κ3) is 2.32. The summed E-state index contributed by atoms with van der Waals surface area (Å²) >= 11 is 5.98. The molecule has 0 aliphatic carbocycles. The van der Waals surface area contributed by atoms with E-state index in [1.165, 1.54) is 12.1 Å². The number of methoxy groups -OCH3 is 1. The first-order valence-electron chi connectivity index (χ1n) is 6.19. The van der Waals surface area contributed by atoms with Gasteiger partial charge in [-0.1, -0.05) is 11.6 Å². The number of benzene rings is 2. The number of hydrogen-bond acceptors (Lipinski definition) is 3. The average molecular weight is 303 g/mol. The number of hydrogen-bond donors (Lipinski definition) is 0. The first-order chi connectivity index (χ1) is 10.1. The van der Waals surface area contributed by atoms with E-state index in [1.54, 1.807) is 23.9 Å². The SMILES string of the molecule is COc1ccc2c(ccn2-c2cc(Cl)ccc2[N+](=O)[O-])c1. The number of ether oxygens (including phenoxy) is 1. The first-order valence-corrected chi connectivity index (χ1v) is 6.57. The summed E-state index contributed by atoms with van der Waals surface area (Å²) in [6.45, 7) is 0. The van der Waals surface area contributed by atoms with Crippen LogP contribution in [0.4, 0.5) is 5.69 Å². The molecule has 5 nitrogen and oxygen atoms in total. The minimum absolute atomic E-state index is 0.00715. The zero-order valence-electron chi connectivity index (χ0n) is 11.1. The molecule has 0 unspecified atom stereocenters. The van der Waals surface area contributed by atoms with Gasteiger partial charge in [0.25, 0.3) is 5.69 Å². The Kier molecular flexibility index (Phi) is 3.27. The van der Waals surface area contributed by atoms with Crippen LogP contribution in [0.25, 0.3) is 16.6 Å².